The smallest absolute Gasteiger partial charge is 0.235 e. The number of hydrogen-bond acceptors (Lipinski definition) is 7. The van der Waals surface area contributed by atoms with E-state index in [0.717, 1.165) is 17.3 Å². The maximum Gasteiger partial charge on any atom is 0.235 e. The highest BCUT2D eigenvalue weighted by Crippen LogP contribution is 2.42. The molecule has 1 aromatic carbocycles. The number of piperazine rings is 1. The van der Waals surface area contributed by atoms with Gasteiger partial charge in [-0.3, -0.25) is 9.69 Å². The number of amides is 1. The van der Waals surface area contributed by atoms with Gasteiger partial charge >= 0.3 is 0 Å². The third-order valence-corrected chi connectivity index (χ3v) is 7.47. The summed E-state index contributed by atoms with van der Waals surface area (Å²) < 4.78 is 0. The number of rotatable bonds is 8. The monoisotopic (exact) mass is 478 g/mol. The summed E-state index contributed by atoms with van der Waals surface area (Å²) in [5.74, 6) is 0.0154. The molecule has 34 heavy (non-hydrogen) atoms. The van der Waals surface area contributed by atoms with E-state index < -0.39 is 11.2 Å². The lowest BCUT2D eigenvalue weighted by Crippen LogP contribution is -2.56. The Balaban J connectivity index is 2.03. The lowest BCUT2D eigenvalue weighted by Gasteiger charge is -2.43. The van der Waals surface area contributed by atoms with Gasteiger partial charge in [0.1, 0.15) is 22.2 Å². The van der Waals surface area contributed by atoms with Gasteiger partial charge in [-0.2, -0.15) is 5.26 Å². The third kappa shape index (κ3) is 5.18. The maximum atomic E-state index is 12.3. The number of pyridine rings is 1. The largest absolute Gasteiger partial charge is 0.394 e. The van der Waals surface area contributed by atoms with Crippen molar-refractivity contribution in [3.8, 4) is 6.07 Å². The summed E-state index contributed by atoms with van der Waals surface area (Å²) in [6, 6.07) is 11.4. The van der Waals surface area contributed by atoms with Gasteiger partial charge in [0.15, 0.2) is 0 Å². The lowest BCUT2D eigenvalue weighted by molar-refractivity contribution is -0.117. The van der Waals surface area contributed by atoms with Crippen molar-refractivity contribution in [2.75, 3.05) is 37.7 Å². The number of anilines is 1. The molecular weight excluding hydrogens is 448 g/mol. The fourth-order valence-electron chi connectivity index (χ4n) is 4.12. The van der Waals surface area contributed by atoms with Crippen molar-refractivity contribution < 1.29 is 9.90 Å². The topological polar surface area (TPSA) is 111 Å². The molecule has 1 aromatic heterocycles. The van der Waals surface area contributed by atoms with Gasteiger partial charge in [-0.05, 0) is 31.4 Å². The number of aliphatic hydroxyl groups excluding tert-OH is 1. The Hall–Kier alpha value is -3.11. The highest BCUT2D eigenvalue weighted by atomic mass is 32.2. The highest BCUT2D eigenvalue weighted by molar-refractivity contribution is 8.00. The molecule has 1 aliphatic heterocycles. The lowest BCUT2D eigenvalue weighted by atomic mass is 10.0. The predicted octanol–water partition coefficient (Wildman–Crippen LogP) is 3.28. The van der Waals surface area contributed by atoms with Crippen molar-refractivity contribution in [1.82, 2.24) is 9.88 Å². The fraction of sp³-hybridized carbons (Fsp3) is 0.440. The number of aromatic nitrogens is 1. The van der Waals surface area contributed by atoms with Crippen LogP contribution in [0.25, 0.3) is 4.85 Å². The minimum atomic E-state index is -0.709. The zero-order valence-corrected chi connectivity index (χ0v) is 20.6. The van der Waals surface area contributed by atoms with Crippen LogP contribution in [0.15, 0.2) is 35.4 Å². The van der Waals surface area contributed by atoms with Crippen LogP contribution in [0.2, 0.25) is 0 Å². The number of aliphatic hydroxyl groups is 1. The van der Waals surface area contributed by atoms with Crippen LogP contribution in [0.5, 0.6) is 0 Å². The van der Waals surface area contributed by atoms with Gasteiger partial charge < -0.3 is 15.7 Å². The molecule has 1 saturated heterocycles. The number of hydrogen-bond donors (Lipinski definition) is 2. The maximum absolute atomic E-state index is 12.3. The molecule has 0 bridgehead atoms. The second-order valence-electron chi connectivity index (χ2n) is 8.78. The molecule has 0 saturated carbocycles. The molecule has 9 heteroatoms. The number of thioether (sulfide) groups is 1. The Morgan fingerprint density at radius 1 is 1.32 bits per heavy atom. The normalized spacial score (nSPS) is 15.4. The Bertz CT molecular complexity index is 1110. The van der Waals surface area contributed by atoms with Crippen LogP contribution >= 0.6 is 11.8 Å². The third-order valence-electron chi connectivity index (χ3n) is 6.21. The highest BCUT2D eigenvalue weighted by Gasteiger charge is 2.32. The number of benzene rings is 1. The predicted molar refractivity (Wildman–Crippen MR) is 134 cm³/mol. The molecule has 3 rings (SSSR count). The van der Waals surface area contributed by atoms with Gasteiger partial charge in [0.05, 0.1) is 18.7 Å². The molecule has 2 heterocycles. The zero-order valence-electron chi connectivity index (χ0n) is 19.8. The second-order valence-corrected chi connectivity index (χ2v) is 9.87. The van der Waals surface area contributed by atoms with Gasteiger partial charge in [0.25, 0.3) is 0 Å². The average Bonchev–Trinajstić information content (AvgIpc) is 2.86. The van der Waals surface area contributed by atoms with Gasteiger partial charge in [-0.15, -0.1) is 0 Å². The molecule has 1 unspecified atom stereocenters. The summed E-state index contributed by atoms with van der Waals surface area (Å²) in [7, 11) is 0. The SMILES string of the molecule is [C-]#[N+]c1c(N2CCN(C(C)(C)CO)CC2)nc(SC(C(N)=O)c2ccccc2)c(C#N)c1CC. The van der Waals surface area contributed by atoms with Crippen molar-refractivity contribution in [2.24, 2.45) is 5.73 Å². The van der Waals surface area contributed by atoms with Gasteiger partial charge in [-0.25, -0.2) is 9.83 Å². The van der Waals surface area contributed by atoms with E-state index in [1.165, 1.54) is 0 Å². The Labute approximate surface area is 205 Å². The fourth-order valence-corrected chi connectivity index (χ4v) is 5.18. The molecule has 3 N–H and O–H groups in total. The average molecular weight is 479 g/mol. The van der Waals surface area contributed by atoms with E-state index in [2.05, 4.69) is 20.7 Å². The van der Waals surface area contributed by atoms with E-state index in [9.17, 15) is 15.2 Å². The quantitative estimate of drug-likeness (QED) is 0.442. The van der Waals surface area contributed by atoms with Crippen LogP contribution < -0.4 is 10.6 Å². The standard InChI is InChI=1S/C25H30N6O2S/c1-5-18-19(15-26)24(34-21(22(27)33)17-9-7-6-8-10-17)29-23(20(18)28-4)30-11-13-31(14-12-30)25(2,3)16-32/h6-10,21,32H,5,11-14,16H2,1-3H3,(H2,27,33). The van der Waals surface area contributed by atoms with Crippen LogP contribution in [0, 0.1) is 17.9 Å². The van der Waals surface area contributed by atoms with Crippen LogP contribution in [-0.2, 0) is 11.2 Å². The minimum Gasteiger partial charge on any atom is -0.394 e. The Kier molecular flexibility index (Phi) is 8.16. The summed E-state index contributed by atoms with van der Waals surface area (Å²) in [6.45, 7) is 16.5. The number of nitrogens with two attached hydrogens (primary N) is 1. The summed E-state index contributed by atoms with van der Waals surface area (Å²) in [5.41, 5.74) is 7.48. The van der Waals surface area contributed by atoms with Crippen LogP contribution in [0.1, 0.15) is 42.7 Å². The van der Waals surface area contributed by atoms with Crippen LogP contribution in [0.4, 0.5) is 11.5 Å². The molecule has 0 radical (unpaired) electrons. The van der Waals surface area contributed by atoms with Crippen molar-refractivity contribution in [3.05, 3.63) is 58.4 Å². The van der Waals surface area contributed by atoms with E-state index in [4.69, 9.17) is 17.3 Å². The molecule has 178 valence electrons. The van der Waals surface area contributed by atoms with E-state index in [1.54, 1.807) is 0 Å². The van der Waals surface area contributed by atoms with Crippen molar-refractivity contribution in [3.63, 3.8) is 0 Å². The first-order chi connectivity index (χ1) is 16.3. The number of nitrogens with zero attached hydrogens (tertiary/aromatic N) is 5. The van der Waals surface area contributed by atoms with E-state index in [1.807, 2.05) is 51.1 Å². The molecule has 0 spiro atoms. The van der Waals surface area contributed by atoms with Gasteiger partial charge in [0.2, 0.25) is 11.6 Å². The number of carbonyl (C=O) groups is 1. The molecule has 0 aliphatic carbocycles. The van der Waals surface area contributed by atoms with Crippen LogP contribution in [0.3, 0.4) is 0 Å². The molecule has 2 aromatic rings. The van der Waals surface area contributed by atoms with E-state index >= 15 is 0 Å². The summed E-state index contributed by atoms with van der Waals surface area (Å²) in [5, 5.41) is 19.4. The number of primary amides is 1. The molecular formula is C25H30N6O2S. The van der Waals surface area contributed by atoms with Crippen molar-refractivity contribution in [1.29, 1.82) is 5.26 Å². The van der Waals surface area contributed by atoms with Crippen molar-refractivity contribution in [2.45, 2.75) is 43.0 Å². The molecule has 1 fully saturated rings. The molecule has 1 amide bonds. The van der Waals surface area contributed by atoms with Crippen molar-refractivity contribution >= 4 is 29.2 Å². The molecule has 1 atom stereocenters. The first-order valence-electron chi connectivity index (χ1n) is 11.2. The molecule has 8 nitrogen and oxygen atoms in total. The van der Waals surface area contributed by atoms with E-state index in [0.29, 0.717) is 60.3 Å². The first-order valence-corrected chi connectivity index (χ1v) is 12.1. The second kappa shape index (κ2) is 10.9. The van der Waals surface area contributed by atoms with Crippen LogP contribution in [-0.4, -0.2) is 59.2 Å². The summed E-state index contributed by atoms with van der Waals surface area (Å²) >= 11 is 1.16. The summed E-state index contributed by atoms with van der Waals surface area (Å²) in [4.78, 5) is 25.2. The minimum absolute atomic E-state index is 0.0597. The van der Waals surface area contributed by atoms with Gasteiger partial charge in [0, 0.05) is 31.7 Å². The first kappa shape index (κ1) is 25.5. The number of carbonyl (C=O) groups excluding carboxylic acids is 1. The number of nitriles is 1. The Morgan fingerprint density at radius 3 is 2.47 bits per heavy atom. The summed E-state index contributed by atoms with van der Waals surface area (Å²) in [6.07, 6.45) is 0.494. The molecule has 1 aliphatic rings. The van der Waals surface area contributed by atoms with E-state index in [-0.39, 0.29) is 12.1 Å². The zero-order chi connectivity index (χ0) is 24.9. The Morgan fingerprint density at radius 2 is 1.97 bits per heavy atom. The van der Waals surface area contributed by atoms with Gasteiger partial charge in [-0.1, -0.05) is 49.0 Å².